The van der Waals surface area contributed by atoms with E-state index in [1.54, 1.807) is 0 Å². The summed E-state index contributed by atoms with van der Waals surface area (Å²) in [4.78, 5) is 2.88. The minimum atomic E-state index is 0.374. The Labute approximate surface area is 79.4 Å². The molecule has 6 heteroatoms. The van der Waals surface area contributed by atoms with Gasteiger partial charge in [0.25, 0.3) is 5.82 Å². The first-order valence-electron chi connectivity index (χ1n) is 3.93. The van der Waals surface area contributed by atoms with Crippen LogP contribution in [0, 0.1) is 0 Å². The molecule has 0 amide bonds. The molecule has 0 aliphatic rings. The third kappa shape index (κ3) is 1.41. The first kappa shape index (κ1) is 8.28. The van der Waals surface area contributed by atoms with E-state index in [2.05, 4.69) is 20.3 Å². The molecule has 1 aromatic carbocycles. The van der Waals surface area contributed by atoms with Gasteiger partial charge in [-0.1, -0.05) is 18.2 Å². The van der Waals surface area contributed by atoms with Crippen LogP contribution in [-0.2, 0) is 0 Å². The molecular weight excluding hydrogens is 180 g/mol. The molecule has 14 heavy (non-hydrogen) atoms. The highest BCUT2D eigenvalue weighted by molar-refractivity contribution is 5.70. The molecule has 1 aromatic heterocycles. The maximum atomic E-state index is 8.37. The molecule has 0 aliphatic heterocycles. The highest BCUT2D eigenvalue weighted by Gasteiger charge is 2.07. The van der Waals surface area contributed by atoms with Gasteiger partial charge in [0.2, 0.25) is 0 Å². The van der Waals surface area contributed by atoms with Gasteiger partial charge in [0.05, 0.1) is 5.69 Å². The number of rotatable bonds is 2. The monoisotopic (exact) mass is 186 g/mol. The third-order valence-electron chi connectivity index (χ3n) is 1.67. The van der Waals surface area contributed by atoms with Crippen LogP contribution < -0.4 is 0 Å². The van der Waals surface area contributed by atoms with Crippen LogP contribution in [0.25, 0.3) is 11.2 Å². The van der Waals surface area contributed by atoms with E-state index in [9.17, 15) is 0 Å². The zero-order valence-electron chi connectivity index (χ0n) is 7.15. The molecule has 0 saturated heterocycles. The van der Waals surface area contributed by atoms with Crippen LogP contribution in [-0.4, -0.2) is 31.2 Å². The predicted molar refractivity (Wildman–Crippen MR) is 47.9 cm³/mol. The first-order valence-corrected chi connectivity index (χ1v) is 3.93. The Kier molecular flexibility index (Phi) is 2.12. The summed E-state index contributed by atoms with van der Waals surface area (Å²) in [6, 6.07) is 9.34. The van der Waals surface area contributed by atoms with Gasteiger partial charge in [-0.2, -0.15) is 9.47 Å². The fourth-order valence-corrected chi connectivity index (χ4v) is 1.08. The molecule has 0 bridgehead atoms. The summed E-state index contributed by atoms with van der Waals surface area (Å²) in [5.74, 6) is 0.374. The van der Waals surface area contributed by atoms with Gasteiger partial charge in [0, 0.05) is 0 Å². The topological polar surface area (TPSA) is 80.0 Å². The third-order valence-corrected chi connectivity index (χ3v) is 1.67. The van der Waals surface area contributed by atoms with Crippen LogP contribution in [0.2, 0.25) is 0 Å². The van der Waals surface area contributed by atoms with Gasteiger partial charge in [-0.05, 0) is 22.6 Å². The van der Waals surface area contributed by atoms with Gasteiger partial charge in [-0.25, -0.2) is 0 Å². The lowest BCUT2D eigenvalue weighted by molar-refractivity contribution is 0.00379. The number of nitrogens with zero attached hydrogens (tertiary/aromatic N) is 6. The Morgan fingerprint density at radius 3 is 2.79 bits per heavy atom. The molecule has 0 radical (unpaired) electrons. The Morgan fingerprint density at radius 1 is 1.29 bits per heavy atom. The minimum absolute atomic E-state index is 0.374. The quantitative estimate of drug-likeness (QED) is 0.384. The number of aromatic nitrogens is 4. The summed E-state index contributed by atoms with van der Waals surface area (Å²) in [6.45, 7) is 0. The van der Waals surface area contributed by atoms with Gasteiger partial charge < -0.3 is 5.53 Å². The predicted octanol–water partition coefficient (Wildman–Crippen LogP) is 0.311. The smallest absolute Gasteiger partial charge is 0.326 e. The maximum absolute atomic E-state index is 8.37. The van der Waals surface area contributed by atoms with E-state index in [-0.39, 0.29) is 0 Å². The Morgan fingerprint density at radius 2 is 2.07 bits per heavy atom. The molecule has 0 N–H and O–H groups in total. The average molecular weight is 186 g/mol. The second kappa shape index (κ2) is 3.59. The van der Waals surface area contributed by atoms with Crippen LogP contribution in [0.4, 0.5) is 0 Å². The van der Waals surface area contributed by atoms with Crippen molar-refractivity contribution >= 4 is 6.21 Å². The van der Waals surface area contributed by atoms with Crippen molar-refractivity contribution in [3.8, 4) is 5.69 Å². The fourth-order valence-electron chi connectivity index (χ4n) is 1.08. The van der Waals surface area contributed by atoms with Crippen molar-refractivity contribution in [1.29, 1.82) is 0 Å². The molecular formula is C8H6N6. The van der Waals surface area contributed by atoms with Crippen LogP contribution in [0.15, 0.2) is 30.3 Å². The molecule has 0 aliphatic carbocycles. The van der Waals surface area contributed by atoms with Crippen molar-refractivity contribution in [3.63, 3.8) is 0 Å². The number of hydrogen-bond donors (Lipinski definition) is 0. The van der Waals surface area contributed by atoms with Gasteiger partial charge in [0.1, 0.15) is 0 Å². The van der Waals surface area contributed by atoms with E-state index in [1.165, 1.54) is 10.9 Å². The molecule has 0 unspecified atom stereocenters. The van der Waals surface area contributed by atoms with Crippen LogP contribution in [0.3, 0.4) is 0 Å². The van der Waals surface area contributed by atoms with Crippen molar-refractivity contribution < 1.29 is 4.79 Å². The normalized spacial score (nSPS) is 9.43. The van der Waals surface area contributed by atoms with Gasteiger partial charge in [-0.15, -0.1) is 5.10 Å². The summed E-state index contributed by atoms with van der Waals surface area (Å²) in [5.41, 5.74) is 9.18. The molecule has 0 spiro atoms. The largest absolute Gasteiger partial charge is 0.361 e. The van der Waals surface area contributed by atoms with E-state index in [0.29, 0.717) is 5.82 Å². The summed E-state index contributed by atoms with van der Waals surface area (Å²) in [5, 5.41) is 10.9. The van der Waals surface area contributed by atoms with E-state index in [0.717, 1.165) is 5.69 Å². The highest BCUT2D eigenvalue weighted by Crippen LogP contribution is 2.04. The summed E-state index contributed by atoms with van der Waals surface area (Å²) < 4.78 is 1.47. The zero-order valence-corrected chi connectivity index (χ0v) is 7.15. The minimum Gasteiger partial charge on any atom is -0.361 e. The highest BCUT2D eigenvalue weighted by atomic mass is 15.5. The van der Waals surface area contributed by atoms with Crippen LogP contribution >= 0.6 is 0 Å². The van der Waals surface area contributed by atoms with Gasteiger partial charge >= 0.3 is 6.21 Å². The lowest BCUT2D eigenvalue weighted by Crippen LogP contribution is -2.02. The van der Waals surface area contributed by atoms with Gasteiger partial charge in [0.15, 0.2) is 0 Å². The number of benzene rings is 1. The number of para-hydroxylation sites is 1. The molecule has 6 nitrogen and oxygen atoms in total. The molecule has 1 heterocycles. The van der Waals surface area contributed by atoms with Crippen LogP contribution in [0.5, 0.6) is 0 Å². The second-order valence-electron chi connectivity index (χ2n) is 2.53. The summed E-state index contributed by atoms with van der Waals surface area (Å²) in [7, 11) is 0. The Hall–Kier alpha value is -2.33. The van der Waals surface area contributed by atoms with E-state index < -0.39 is 0 Å². The molecule has 2 aromatic rings. The van der Waals surface area contributed by atoms with Crippen molar-refractivity contribution in [1.82, 2.24) is 20.2 Å². The summed E-state index contributed by atoms with van der Waals surface area (Å²) >= 11 is 0. The first-order chi connectivity index (χ1) is 6.92. The molecule has 0 fully saturated rings. The Bertz CT molecular complexity index is 468. The van der Waals surface area contributed by atoms with Crippen molar-refractivity contribution in [2.75, 3.05) is 0 Å². The van der Waals surface area contributed by atoms with Crippen LogP contribution in [0.1, 0.15) is 5.82 Å². The zero-order chi connectivity index (χ0) is 9.80. The second-order valence-corrected chi connectivity index (χ2v) is 2.53. The molecule has 0 atom stereocenters. The fraction of sp³-hybridized carbons (Fsp3) is 0. The lowest BCUT2D eigenvalue weighted by atomic mass is 10.3. The lowest BCUT2D eigenvalue weighted by Gasteiger charge is -1.97. The standard InChI is InChI=1S/C8H6N6/c9-10-6-8-11-12-13-14(8)7-4-2-1-3-5-7/h1-6H. The van der Waals surface area contributed by atoms with E-state index in [4.69, 9.17) is 5.53 Å². The molecule has 2 rings (SSSR count). The van der Waals surface area contributed by atoms with Gasteiger partial charge in [-0.3, -0.25) is 0 Å². The van der Waals surface area contributed by atoms with Crippen molar-refractivity contribution in [3.05, 3.63) is 41.7 Å². The Balaban J connectivity index is 2.52. The maximum Gasteiger partial charge on any atom is 0.326 e. The molecule has 68 valence electrons. The van der Waals surface area contributed by atoms with E-state index in [1.807, 2.05) is 30.3 Å². The van der Waals surface area contributed by atoms with E-state index >= 15 is 0 Å². The number of hydrogen-bond acceptors (Lipinski definition) is 3. The average Bonchev–Trinajstić information content (AvgIpc) is 2.68. The SMILES string of the molecule is [N-]=[N+]=Cc1nnnn1-c1ccccc1. The molecule has 0 saturated carbocycles. The number of tetrazole rings is 1. The van der Waals surface area contributed by atoms with Crippen molar-refractivity contribution in [2.24, 2.45) is 0 Å². The van der Waals surface area contributed by atoms with Crippen molar-refractivity contribution in [2.45, 2.75) is 0 Å². The summed E-state index contributed by atoms with van der Waals surface area (Å²) in [6.07, 6.45) is 1.17.